The predicted molar refractivity (Wildman–Crippen MR) is 119 cm³/mol. The number of nitrogens with one attached hydrogen (secondary N) is 3. The van der Waals surface area contributed by atoms with Crippen LogP contribution in [0.15, 0.2) is 42.5 Å². The van der Waals surface area contributed by atoms with Gasteiger partial charge in [-0.2, -0.15) is 0 Å². The molecule has 0 unspecified atom stereocenters. The number of ether oxygens (including phenoxy) is 2. The minimum atomic E-state index is -0.444. The molecule has 160 valence electrons. The first-order valence-corrected chi connectivity index (χ1v) is 9.97. The van der Waals surface area contributed by atoms with Gasteiger partial charge in [0.1, 0.15) is 11.5 Å². The van der Waals surface area contributed by atoms with Crippen LogP contribution >= 0.6 is 12.2 Å². The molecule has 0 aliphatic carbocycles. The van der Waals surface area contributed by atoms with Gasteiger partial charge in [0.2, 0.25) is 0 Å². The second-order valence-corrected chi connectivity index (χ2v) is 7.55. The fraction of sp³-hybridized carbons (Fsp3) is 0.318. The van der Waals surface area contributed by atoms with Crippen LogP contribution in [0.1, 0.15) is 36.5 Å². The molecule has 0 heterocycles. The number of benzene rings is 2. The molecule has 0 aliphatic rings. The van der Waals surface area contributed by atoms with E-state index in [2.05, 4.69) is 30.0 Å². The number of hydrazine groups is 1. The number of thiocarbonyl (C=S) groups is 1. The van der Waals surface area contributed by atoms with Gasteiger partial charge in [-0.05, 0) is 66.9 Å². The molecule has 0 spiro atoms. The molecule has 0 fully saturated rings. The van der Waals surface area contributed by atoms with Crippen molar-refractivity contribution < 1.29 is 19.1 Å². The van der Waals surface area contributed by atoms with Crippen molar-refractivity contribution in [3.63, 3.8) is 0 Å². The quantitative estimate of drug-likeness (QED) is 0.463. The van der Waals surface area contributed by atoms with Gasteiger partial charge < -0.3 is 9.47 Å². The third-order valence-electron chi connectivity index (χ3n) is 4.08. The maximum absolute atomic E-state index is 12.0. The Balaban J connectivity index is 1.72. The zero-order valence-corrected chi connectivity index (χ0v) is 18.4. The van der Waals surface area contributed by atoms with Crippen LogP contribution in [0.5, 0.6) is 11.5 Å². The summed E-state index contributed by atoms with van der Waals surface area (Å²) in [6, 6.07) is 13.3. The average Bonchev–Trinajstić information content (AvgIpc) is 2.69. The van der Waals surface area contributed by atoms with E-state index in [-0.39, 0.29) is 24.2 Å². The monoisotopic (exact) mass is 429 g/mol. The molecule has 0 radical (unpaired) electrons. The van der Waals surface area contributed by atoms with E-state index in [1.807, 2.05) is 50.2 Å². The second-order valence-electron chi connectivity index (χ2n) is 7.14. The number of hydrogen-bond donors (Lipinski definition) is 3. The molecule has 0 atom stereocenters. The van der Waals surface area contributed by atoms with Gasteiger partial charge in [0.05, 0.1) is 0 Å². The summed E-state index contributed by atoms with van der Waals surface area (Å²) in [6.45, 7) is 7.62. The molecule has 2 aromatic carbocycles. The lowest BCUT2D eigenvalue weighted by molar-refractivity contribution is -0.124. The number of carbonyl (C=O) groups is 2. The summed E-state index contributed by atoms with van der Waals surface area (Å²) in [5.74, 6) is 0.655. The van der Waals surface area contributed by atoms with E-state index < -0.39 is 11.8 Å². The Bertz CT molecular complexity index is 915. The van der Waals surface area contributed by atoms with Crippen molar-refractivity contribution >= 4 is 29.1 Å². The van der Waals surface area contributed by atoms with Gasteiger partial charge in [0, 0.05) is 0 Å². The van der Waals surface area contributed by atoms with Crippen molar-refractivity contribution in [2.75, 3.05) is 13.2 Å². The van der Waals surface area contributed by atoms with Crippen molar-refractivity contribution in [3.05, 3.63) is 59.2 Å². The molecule has 0 aliphatic heterocycles. The van der Waals surface area contributed by atoms with E-state index in [9.17, 15) is 9.59 Å². The molecule has 7 nitrogen and oxygen atoms in total. The second kappa shape index (κ2) is 11.2. The van der Waals surface area contributed by atoms with Crippen molar-refractivity contribution in [1.29, 1.82) is 0 Å². The largest absolute Gasteiger partial charge is 0.484 e. The Morgan fingerprint density at radius 2 is 1.63 bits per heavy atom. The molecule has 0 saturated carbocycles. The van der Waals surface area contributed by atoms with E-state index in [4.69, 9.17) is 21.7 Å². The summed E-state index contributed by atoms with van der Waals surface area (Å²) >= 11 is 5.00. The van der Waals surface area contributed by atoms with Gasteiger partial charge >= 0.3 is 0 Å². The van der Waals surface area contributed by atoms with Gasteiger partial charge in [-0.25, -0.2) is 0 Å². The van der Waals surface area contributed by atoms with Crippen molar-refractivity contribution in [2.45, 2.75) is 33.6 Å². The number of rotatable bonds is 7. The Kier molecular flexibility index (Phi) is 8.61. The normalized spacial score (nSPS) is 10.3. The molecule has 8 heteroatoms. The van der Waals surface area contributed by atoms with Crippen LogP contribution in [-0.4, -0.2) is 30.1 Å². The molecule has 2 amide bonds. The minimum absolute atomic E-state index is 0.0420. The highest BCUT2D eigenvalue weighted by atomic mass is 32.1. The lowest BCUT2D eigenvalue weighted by Crippen LogP contribution is -2.50. The van der Waals surface area contributed by atoms with Crippen LogP contribution < -0.4 is 25.6 Å². The van der Waals surface area contributed by atoms with E-state index in [0.29, 0.717) is 11.5 Å². The molecule has 0 aromatic heterocycles. The Hall–Kier alpha value is -3.13. The van der Waals surface area contributed by atoms with Crippen molar-refractivity contribution in [2.24, 2.45) is 0 Å². The highest BCUT2D eigenvalue weighted by Crippen LogP contribution is 2.27. The summed E-state index contributed by atoms with van der Waals surface area (Å²) in [5.41, 5.74) is 7.96. The van der Waals surface area contributed by atoms with Gasteiger partial charge in [-0.3, -0.25) is 25.8 Å². The lowest BCUT2D eigenvalue weighted by atomic mass is 10.0. The highest BCUT2D eigenvalue weighted by Gasteiger charge is 2.11. The van der Waals surface area contributed by atoms with Gasteiger partial charge in [0.15, 0.2) is 18.3 Å². The fourth-order valence-corrected chi connectivity index (χ4v) is 2.76. The molecule has 30 heavy (non-hydrogen) atoms. The van der Waals surface area contributed by atoms with Crippen LogP contribution in [0.4, 0.5) is 0 Å². The number of carbonyl (C=O) groups excluding carboxylic acids is 2. The summed E-state index contributed by atoms with van der Waals surface area (Å²) in [5, 5.41) is 2.38. The molecular weight excluding hydrogens is 402 g/mol. The Labute approximate surface area is 182 Å². The molecule has 2 rings (SSSR count). The van der Waals surface area contributed by atoms with Crippen molar-refractivity contribution in [1.82, 2.24) is 16.2 Å². The van der Waals surface area contributed by atoms with E-state index >= 15 is 0 Å². The lowest BCUT2D eigenvalue weighted by Gasteiger charge is -2.15. The highest BCUT2D eigenvalue weighted by molar-refractivity contribution is 7.80. The summed E-state index contributed by atoms with van der Waals surface area (Å²) in [4.78, 5) is 23.9. The molecular formula is C22H27N3O4S. The maximum atomic E-state index is 12.0. The first-order valence-electron chi connectivity index (χ1n) is 9.56. The molecule has 2 aromatic rings. The average molecular weight is 430 g/mol. The van der Waals surface area contributed by atoms with Crippen LogP contribution in [-0.2, 0) is 9.59 Å². The Morgan fingerprint density at radius 3 is 2.33 bits per heavy atom. The zero-order valence-electron chi connectivity index (χ0n) is 17.6. The van der Waals surface area contributed by atoms with Crippen LogP contribution in [0.3, 0.4) is 0 Å². The van der Waals surface area contributed by atoms with Crippen LogP contribution in [0, 0.1) is 13.8 Å². The molecule has 0 bridgehead atoms. The Morgan fingerprint density at radius 1 is 0.933 bits per heavy atom. The van der Waals surface area contributed by atoms with E-state index in [1.165, 1.54) is 0 Å². The summed E-state index contributed by atoms with van der Waals surface area (Å²) in [6.07, 6.45) is 0. The first-order chi connectivity index (χ1) is 14.2. The standard InChI is InChI=1S/C22H27N3O4S/c1-14(2)18-9-8-16(4)11-19(18)29-13-21(27)24-25-22(30)23-20(26)12-28-17-7-5-6-15(3)10-17/h5-11,14H,12-13H2,1-4H3,(H,24,27)(H2,23,25,26,30). The smallest absolute Gasteiger partial charge is 0.276 e. The summed E-state index contributed by atoms with van der Waals surface area (Å²) in [7, 11) is 0. The van der Waals surface area contributed by atoms with E-state index in [1.54, 1.807) is 6.07 Å². The first kappa shape index (κ1) is 23.2. The van der Waals surface area contributed by atoms with Gasteiger partial charge in [0.25, 0.3) is 11.8 Å². The predicted octanol–water partition coefficient (Wildman–Crippen LogP) is 2.91. The molecule has 3 N–H and O–H groups in total. The molecule has 0 saturated heterocycles. The zero-order chi connectivity index (χ0) is 22.1. The van der Waals surface area contributed by atoms with E-state index in [0.717, 1.165) is 16.7 Å². The number of aryl methyl sites for hydroxylation is 2. The van der Waals surface area contributed by atoms with Gasteiger partial charge in [-0.1, -0.05) is 38.1 Å². The third kappa shape index (κ3) is 7.71. The van der Waals surface area contributed by atoms with Crippen LogP contribution in [0.25, 0.3) is 0 Å². The third-order valence-corrected chi connectivity index (χ3v) is 4.28. The minimum Gasteiger partial charge on any atom is -0.484 e. The maximum Gasteiger partial charge on any atom is 0.276 e. The topological polar surface area (TPSA) is 88.7 Å². The van der Waals surface area contributed by atoms with Crippen molar-refractivity contribution in [3.8, 4) is 11.5 Å². The number of amides is 2. The van der Waals surface area contributed by atoms with Gasteiger partial charge in [-0.15, -0.1) is 0 Å². The summed E-state index contributed by atoms with van der Waals surface area (Å²) < 4.78 is 11.0. The fourth-order valence-electron chi connectivity index (χ4n) is 2.60. The van der Waals surface area contributed by atoms with Crippen LogP contribution in [0.2, 0.25) is 0 Å². The number of hydrogen-bond acceptors (Lipinski definition) is 5. The SMILES string of the molecule is Cc1cccc(OCC(=O)NC(=S)NNC(=O)COc2cc(C)ccc2C(C)C)c1.